The molecule has 0 saturated carbocycles. The quantitative estimate of drug-likeness (QED) is 0.326. The highest BCUT2D eigenvalue weighted by Crippen LogP contribution is 2.37. The van der Waals surface area contributed by atoms with Gasteiger partial charge in [-0.05, 0) is 61.1 Å². The number of hydrogen-bond acceptors (Lipinski definition) is 6. The van der Waals surface area contributed by atoms with Gasteiger partial charge in [0.05, 0.1) is 25.7 Å². The van der Waals surface area contributed by atoms with Crippen LogP contribution in [0, 0.1) is 0 Å². The maximum absolute atomic E-state index is 12.5. The molecule has 1 aromatic heterocycles. The largest absolute Gasteiger partial charge is 0.493 e. The Kier molecular flexibility index (Phi) is 7.42. The number of fused-ring (bicyclic) bond motifs is 1. The summed E-state index contributed by atoms with van der Waals surface area (Å²) in [4.78, 5) is 16.9. The van der Waals surface area contributed by atoms with E-state index in [0.29, 0.717) is 23.0 Å². The topological polar surface area (TPSA) is 81.7 Å². The Morgan fingerprint density at radius 1 is 0.914 bits per heavy atom. The third kappa shape index (κ3) is 5.67. The summed E-state index contributed by atoms with van der Waals surface area (Å²) in [6.07, 6.45) is 1.68. The lowest BCUT2D eigenvalue weighted by Crippen LogP contribution is -2.36. The van der Waals surface area contributed by atoms with Crippen molar-refractivity contribution in [3.8, 4) is 23.0 Å². The molecule has 0 bridgehead atoms. The highest BCUT2D eigenvalue weighted by molar-refractivity contribution is 7.80. The average molecular weight is 488 g/mol. The second-order valence-corrected chi connectivity index (χ2v) is 8.14. The van der Waals surface area contributed by atoms with Gasteiger partial charge >= 0.3 is 0 Å². The lowest BCUT2D eigenvalue weighted by molar-refractivity contribution is -0.120. The summed E-state index contributed by atoms with van der Waals surface area (Å²) in [5.74, 6) is 1.96. The molecule has 178 valence electrons. The minimum Gasteiger partial charge on any atom is -0.493 e. The van der Waals surface area contributed by atoms with Crippen molar-refractivity contribution in [3.63, 3.8) is 0 Å². The second-order valence-electron chi connectivity index (χ2n) is 7.74. The van der Waals surface area contributed by atoms with E-state index in [1.54, 1.807) is 26.5 Å². The Balaban J connectivity index is 1.42. The first-order chi connectivity index (χ1) is 17.0. The summed E-state index contributed by atoms with van der Waals surface area (Å²) in [5.41, 5.74) is 2.37. The molecule has 1 amide bonds. The number of rotatable bonds is 7. The highest BCUT2D eigenvalue weighted by atomic mass is 32.1. The zero-order chi connectivity index (χ0) is 24.8. The lowest BCUT2D eigenvalue weighted by Gasteiger charge is -2.15. The summed E-state index contributed by atoms with van der Waals surface area (Å²) in [6.45, 7) is 1.84. The number of benzene rings is 3. The number of pyridine rings is 1. The van der Waals surface area contributed by atoms with E-state index in [0.717, 1.165) is 22.2 Å². The number of thiocarbonyl (C=S) groups is 1. The number of anilines is 1. The van der Waals surface area contributed by atoms with Gasteiger partial charge in [0.1, 0.15) is 11.5 Å². The minimum atomic E-state index is -0.319. The van der Waals surface area contributed by atoms with Crippen molar-refractivity contribution in [3.05, 3.63) is 84.6 Å². The van der Waals surface area contributed by atoms with Gasteiger partial charge in [0.2, 0.25) is 5.91 Å². The van der Waals surface area contributed by atoms with Crippen LogP contribution < -0.4 is 24.8 Å². The number of ether oxygens (including phenoxy) is 3. The highest BCUT2D eigenvalue weighted by Gasteiger charge is 2.16. The SMILES string of the molecule is COc1cc2nccc(Oc3ccc(NC(=S)NC(=O)C(C)c4ccccc4)cc3)c2cc1OC. The van der Waals surface area contributed by atoms with Gasteiger partial charge in [0, 0.05) is 23.3 Å². The van der Waals surface area contributed by atoms with Gasteiger partial charge in [-0.1, -0.05) is 30.3 Å². The van der Waals surface area contributed by atoms with Crippen molar-refractivity contribution in [2.75, 3.05) is 19.5 Å². The molecule has 1 unspecified atom stereocenters. The summed E-state index contributed by atoms with van der Waals surface area (Å²) in [6, 6.07) is 22.3. The average Bonchev–Trinajstić information content (AvgIpc) is 2.89. The molecule has 4 rings (SSSR count). The molecule has 0 saturated heterocycles. The van der Waals surface area contributed by atoms with Crippen molar-refractivity contribution in [2.24, 2.45) is 0 Å². The third-order valence-electron chi connectivity index (χ3n) is 5.48. The van der Waals surface area contributed by atoms with E-state index < -0.39 is 0 Å². The summed E-state index contributed by atoms with van der Waals surface area (Å²) >= 11 is 5.31. The molecule has 0 spiro atoms. The third-order valence-corrected chi connectivity index (χ3v) is 5.68. The summed E-state index contributed by atoms with van der Waals surface area (Å²) < 4.78 is 16.9. The molecule has 3 aromatic carbocycles. The zero-order valence-electron chi connectivity index (χ0n) is 19.6. The fourth-order valence-electron chi connectivity index (χ4n) is 3.55. The van der Waals surface area contributed by atoms with Crippen LogP contribution in [-0.2, 0) is 4.79 Å². The zero-order valence-corrected chi connectivity index (χ0v) is 20.4. The number of nitrogens with one attached hydrogen (secondary N) is 2. The van der Waals surface area contributed by atoms with Crippen LogP contribution in [0.3, 0.4) is 0 Å². The van der Waals surface area contributed by atoms with Gasteiger partial charge in [-0.25, -0.2) is 0 Å². The molecule has 2 N–H and O–H groups in total. The molecule has 7 nitrogen and oxygen atoms in total. The summed E-state index contributed by atoms with van der Waals surface area (Å²) in [5, 5.41) is 6.80. The van der Waals surface area contributed by atoms with Gasteiger partial charge in [-0.15, -0.1) is 0 Å². The van der Waals surface area contributed by atoms with E-state index in [9.17, 15) is 4.79 Å². The van der Waals surface area contributed by atoms with Gasteiger partial charge < -0.3 is 24.8 Å². The maximum atomic E-state index is 12.5. The molecular formula is C27H25N3O4S. The van der Waals surface area contributed by atoms with Crippen LogP contribution in [0.5, 0.6) is 23.0 Å². The Bertz CT molecular complexity index is 1340. The fraction of sp³-hybridized carbons (Fsp3) is 0.148. The fourth-order valence-corrected chi connectivity index (χ4v) is 3.76. The van der Waals surface area contributed by atoms with Crippen LogP contribution in [0.25, 0.3) is 10.9 Å². The Morgan fingerprint density at radius 3 is 2.29 bits per heavy atom. The van der Waals surface area contributed by atoms with E-state index in [1.165, 1.54) is 0 Å². The molecule has 4 aromatic rings. The smallest absolute Gasteiger partial charge is 0.233 e. The standard InChI is InChI=1S/C27H25N3O4S/c1-17(18-7-5-4-6-8-18)26(31)30-27(35)29-19-9-11-20(12-10-19)34-23-13-14-28-22-16-25(33-3)24(32-2)15-21(22)23/h4-17H,1-3H3,(H2,29,30,31,35). The van der Waals surface area contributed by atoms with Crippen molar-refractivity contribution in [2.45, 2.75) is 12.8 Å². The van der Waals surface area contributed by atoms with Gasteiger partial charge in [0.25, 0.3) is 0 Å². The Hall–Kier alpha value is -4.17. The van der Waals surface area contributed by atoms with Gasteiger partial charge in [0.15, 0.2) is 16.6 Å². The first-order valence-electron chi connectivity index (χ1n) is 10.9. The number of amides is 1. The van der Waals surface area contributed by atoms with E-state index in [-0.39, 0.29) is 16.9 Å². The molecule has 1 heterocycles. The van der Waals surface area contributed by atoms with Crippen LogP contribution in [0.1, 0.15) is 18.4 Å². The van der Waals surface area contributed by atoms with Crippen LogP contribution >= 0.6 is 12.2 Å². The molecule has 0 aliphatic rings. The molecule has 0 fully saturated rings. The Labute approximate surface area is 209 Å². The van der Waals surface area contributed by atoms with Crippen LogP contribution in [0.2, 0.25) is 0 Å². The lowest BCUT2D eigenvalue weighted by atomic mass is 10.0. The molecule has 35 heavy (non-hydrogen) atoms. The molecule has 1 atom stereocenters. The predicted octanol–water partition coefficient (Wildman–Crippen LogP) is 5.66. The minimum absolute atomic E-state index is 0.176. The molecule has 0 radical (unpaired) electrons. The maximum Gasteiger partial charge on any atom is 0.233 e. The van der Waals surface area contributed by atoms with E-state index >= 15 is 0 Å². The van der Waals surface area contributed by atoms with E-state index in [1.807, 2.05) is 73.7 Å². The molecule has 0 aliphatic heterocycles. The van der Waals surface area contributed by atoms with Gasteiger partial charge in [-0.3, -0.25) is 9.78 Å². The van der Waals surface area contributed by atoms with Crippen LogP contribution in [0.15, 0.2) is 79.0 Å². The number of carbonyl (C=O) groups excluding carboxylic acids is 1. The van der Waals surface area contributed by atoms with Crippen molar-refractivity contribution in [1.82, 2.24) is 10.3 Å². The summed E-state index contributed by atoms with van der Waals surface area (Å²) in [7, 11) is 3.17. The van der Waals surface area contributed by atoms with Crippen LogP contribution in [0.4, 0.5) is 5.69 Å². The first kappa shape index (κ1) is 24.0. The predicted molar refractivity (Wildman–Crippen MR) is 141 cm³/mol. The van der Waals surface area contributed by atoms with E-state index in [2.05, 4.69) is 15.6 Å². The van der Waals surface area contributed by atoms with Gasteiger partial charge in [-0.2, -0.15) is 0 Å². The number of methoxy groups -OCH3 is 2. The monoisotopic (exact) mass is 487 g/mol. The number of carbonyl (C=O) groups is 1. The first-order valence-corrected chi connectivity index (χ1v) is 11.3. The van der Waals surface area contributed by atoms with Crippen molar-refractivity contribution >= 4 is 39.8 Å². The second kappa shape index (κ2) is 10.8. The number of aromatic nitrogens is 1. The Morgan fingerprint density at radius 2 is 1.60 bits per heavy atom. The molecular weight excluding hydrogens is 462 g/mol. The molecule has 8 heteroatoms. The van der Waals surface area contributed by atoms with Crippen molar-refractivity contribution in [1.29, 1.82) is 0 Å². The molecule has 0 aliphatic carbocycles. The van der Waals surface area contributed by atoms with Crippen molar-refractivity contribution < 1.29 is 19.0 Å². The van der Waals surface area contributed by atoms with E-state index in [4.69, 9.17) is 26.4 Å². The number of nitrogens with zero attached hydrogens (tertiary/aromatic N) is 1. The number of hydrogen-bond donors (Lipinski definition) is 2. The van der Waals surface area contributed by atoms with Crippen LogP contribution in [-0.4, -0.2) is 30.2 Å². The normalized spacial score (nSPS) is 11.4.